The molecule has 0 N–H and O–H groups in total. The molecule has 1 heterocycles. The Balaban J connectivity index is 1.34. The van der Waals surface area contributed by atoms with Gasteiger partial charge in [-0.3, -0.25) is 4.79 Å². The summed E-state index contributed by atoms with van der Waals surface area (Å²) in [5, 5.41) is 0. The number of morpholine rings is 1. The van der Waals surface area contributed by atoms with Gasteiger partial charge in [0.15, 0.2) is 0 Å². The molecule has 2 aromatic carbocycles. The highest BCUT2D eigenvalue weighted by atomic mass is 16.5. The number of fused-ring (bicyclic) bond motifs is 1. The Morgan fingerprint density at radius 3 is 2.81 bits per heavy atom. The van der Waals surface area contributed by atoms with Crippen LogP contribution in [-0.2, 0) is 17.6 Å². The van der Waals surface area contributed by atoms with E-state index in [0.717, 1.165) is 23.3 Å². The zero-order chi connectivity index (χ0) is 17.9. The summed E-state index contributed by atoms with van der Waals surface area (Å²) in [6.07, 6.45) is 3.47. The molecule has 4 heteroatoms. The average molecular weight is 351 g/mol. The van der Waals surface area contributed by atoms with Gasteiger partial charge in [-0.1, -0.05) is 23.8 Å². The van der Waals surface area contributed by atoms with Crippen molar-refractivity contribution in [2.75, 3.05) is 26.3 Å². The first-order valence-corrected chi connectivity index (χ1v) is 9.41. The molecule has 1 aliphatic heterocycles. The van der Waals surface area contributed by atoms with Gasteiger partial charge in [-0.2, -0.15) is 0 Å². The number of carbonyl (C=O) groups excluding carboxylic acids is 1. The second-order valence-corrected chi connectivity index (χ2v) is 7.21. The molecule has 0 saturated carbocycles. The lowest BCUT2D eigenvalue weighted by Crippen LogP contribution is -2.47. The van der Waals surface area contributed by atoms with Crippen molar-refractivity contribution in [2.24, 2.45) is 0 Å². The first-order valence-electron chi connectivity index (χ1n) is 9.41. The van der Waals surface area contributed by atoms with E-state index < -0.39 is 0 Å². The fourth-order valence-electron chi connectivity index (χ4n) is 3.71. The Morgan fingerprint density at radius 2 is 1.96 bits per heavy atom. The molecular weight excluding hydrogens is 326 g/mol. The number of hydrogen-bond donors (Lipinski definition) is 0. The average Bonchev–Trinajstić information content (AvgIpc) is 3.14. The van der Waals surface area contributed by atoms with Crippen molar-refractivity contribution >= 4 is 5.91 Å². The quantitative estimate of drug-likeness (QED) is 0.847. The number of nitrogens with zero attached hydrogens (tertiary/aromatic N) is 1. The lowest BCUT2D eigenvalue weighted by molar-refractivity contribution is -0.0401. The van der Waals surface area contributed by atoms with Gasteiger partial charge in [0.1, 0.15) is 18.5 Å². The van der Waals surface area contributed by atoms with Gasteiger partial charge < -0.3 is 14.4 Å². The molecule has 4 nitrogen and oxygen atoms in total. The lowest BCUT2D eigenvalue weighted by Gasteiger charge is -2.33. The fraction of sp³-hybridized carbons (Fsp3) is 0.409. The molecule has 0 bridgehead atoms. The molecule has 1 unspecified atom stereocenters. The Hall–Kier alpha value is -2.33. The maximum absolute atomic E-state index is 12.7. The van der Waals surface area contributed by atoms with Gasteiger partial charge in [0.2, 0.25) is 0 Å². The molecule has 1 aliphatic carbocycles. The molecular formula is C22H25NO3. The largest absolute Gasteiger partial charge is 0.491 e. The van der Waals surface area contributed by atoms with Crippen molar-refractivity contribution < 1.29 is 14.3 Å². The molecule has 2 aromatic rings. The molecule has 0 radical (unpaired) electrons. The van der Waals surface area contributed by atoms with Crippen molar-refractivity contribution in [3.63, 3.8) is 0 Å². The van der Waals surface area contributed by atoms with Gasteiger partial charge in [0, 0.05) is 12.1 Å². The summed E-state index contributed by atoms with van der Waals surface area (Å²) in [5.41, 5.74) is 4.74. The van der Waals surface area contributed by atoms with E-state index in [9.17, 15) is 4.79 Å². The minimum atomic E-state index is -0.0913. The van der Waals surface area contributed by atoms with Crippen molar-refractivity contribution in [2.45, 2.75) is 32.3 Å². The molecule has 1 amide bonds. The van der Waals surface area contributed by atoms with Crippen LogP contribution in [0.5, 0.6) is 5.75 Å². The second-order valence-electron chi connectivity index (χ2n) is 7.21. The van der Waals surface area contributed by atoms with Gasteiger partial charge >= 0.3 is 0 Å². The van der Waals surface area contributed by atoms with Crippen molar-refractivity contribution in [3.05, 3.63) is 64.7 Å². The van der Waals surface area contributed by atoms with E-state index in [1.54, 1.807) is 0 Å². The molecule has 26 heavy (non-hydrogen) atoms. The molecule has 2 aliphatic rings. The predicted octanol–water partition coefficient (Wildman–Crippen LogP) is 3.40. The highest BCUT2D eigenvalue weighted by Gasteiger charge is 2.25. The Bertz CT molecular complexity index is 784. The SMILES string of the molecule is Cc1ccc(C(=O)N2CCOC(COc3ccc4c(c3)CCC4)C2)cc1. The molecule has 1 saturated heterocycles. The Morgan fingerprint density at radius 1 is 1.15 bits per heavy atom. The molecule has 136 valence electrons. The number of hydrogen-bond acceptors (Lipinski definition) is 3. The zero-order valence-electron chi connectivity index (χ0n) is 15.2. The standard InChI is InChI=1S/C22H25NO3/c1-16-5-7-18(8-6-16)22(24)23-11-12-25-21(14-23)15-26-20-10-9-17-3-2-4-19(17)13-20/h5-10,13,21H,2-4,11-12,14-15H2,1H3. The number of ether oxygens (including phenoxy) is 2. The summed E-state index contributed by atoms with van der Waals surface area (Å²) >= 11 is 0. The van der Waals surface area contributed by atoms with Crippen LogP contribution in [-0.4, -0.2) is 43.2 Å². The maximum Gasteiger partial charge on any atom is 0.254 e. The normalized spacial score (nSPS) is 19.3. The van der Waals surface area contributed by atoms with Gasteiger partial charge in [0.25, 0.3) is 5.91 Å². The molecule has 1 fully saturated rings. The van der Waals surface area contributed by atoms with Crippen LogP contribution in [0.3, 0.4) is 0 Å². The van der Waals surface area contributed by atoms with E-state index in [4.69, 9.17) is 9.47 Å². The predicted molar refractivity (Wildman–Crippen MR) is 101 cm³/mol. The summed E-state index contributed by atoms with van der Waals surface area (Å²) in [7, 11) is 0. The van der Waals surface area contributed by atoms with Crippen molar-refractivity contribution in [3.8, 4) is 5.75 Å². The highest BCUT2D eigenvalue weighted by Crippen LogP contribution is 2.26. The fourth-order valence-corrected chi connectivity index (χ4v) is 3.71. The smallest absolute Gasteiger partial charge is 0.254 e. The number of aryl methyl sites for hydroxylation is 3. The monoisotopic (exact) mass is 351 g/mol. The van der Waals surface area contributed by atoms with E-state index in [-0.39, 0.29) is 12.0 Å². The highest BCUT2D eigenvalue weighted by molar-refractivity contribution is 5.94. The first-order chi connectivity index (χ1) is 12.7. The third-order valence-electron chi connectivity index (χ3n) is 5.23. The van der Waals surface area contributed by atoms with Crippen LogP contribution in [0.25, 0.3) is 0 Å². The van der Waals surface area contributed by atoms with Crippen LogP contribution in [0, 0.1) is 6.92 Å². The summed E-state index contributed by atoms with van der Waals surface area (Å²) in [5.74, 6) is 0.965. The third kappa shape index (κ3) is 3.75. The topological polar surface area (TPSA) is 38.8 Å². The Labute approximate surface area is 154 Å². The van der Waals surface area contributed by atoms with Gasteiger partial charge in [-0.15, -0.1) is 0 Å². The minimum Gasteiger partial charge on any atom is -0.491 e. The third-order valence-corrected chi connectivity index (χ3v) is 5.23. The number of rotatable bonds is 4. The lowest BCUT2D eigenvalue weighted by atomic mass is 10.1. The Kier molecular flexibility index (Phi) is 4.93. The molecule has 1 atom stereocenters. The van der Waals surface area contributed by atoms with Crippen LogP contribution in [0.1, 0.15) is 33.5 Å². The summed E-state index contributed by atoms with van der Waals surface area (Å²) in [6.45, 7) is 4.24. The van der Waals surface area contributed by atoms with E-state index in [1.165, 1.54) is 24.0 Å². The van der Waals surface area contributed by atoms with E-state index in [2.05, 4.69) is 12.1 Å². The van der Waals surface area contributed by atoms with Gasteiger partial charge in [-0.05, 0) is 61.6 Å². The van der Waals surface area contributed by atoms with Crippen LogP contribution in [0.4, 0.5) is 0 Å². The number of carbonyl (C=O) groups is 1. The zero-order valence-corrected chi connectivity index (χ0v) is 15.2. The molecule has 0 spiro atoms. The van der Waals surface area contributed by atoms with Gasteiger partial charge in [-0.25, -0.2) is 0 Å². The second kappa shape index (κ2) is 7.50. The molecule has 0 aromatic heterocycles. The van der Waals surface area contributed by atoms with Crippen molar-refractivity contribution in [1.29, 1.82) is 0 Å². The summed E-state index contributed by atoms with van der Waals surface area (Å²) in [4.78, 5) is 14.6. The van der Waals surface area contributed by atoms with Crippen LogP contribution >= 0.6 is 0 Å². The molecule has 4 rings (SSSR count). The minimum absolute atomic E-state index is 0.0656. The first kappa shape index (κ1) is 17.1. The summed E-state index contributed by atoms with van der Waals surface area (Å²) < 4.78 is 11.8. The van der Waals surface area contributed by atoms with Crippen molar-refractivity contribution in [1.82, 2.24) is 4.90 Å². The number of benzene rings is 2. The maximum atomic E-state index is 12.7. The summed E-state index contributed by atoms with van der Waals surface area (Å²) in [6, 6.07) is 14.1. The van der Waals surface area contributed by atoms with Crippen LogP contribution < -0.4 is 4.74 Å². The van der Waals surface area contributed by atoms with E-state index in [0.29, 0.717) is 26.3 Å². The van der Waals surface area contributed by atoms with Crippen LogP contribution in [0.15, 0.2) is 42.5 Å². The van der Waals surface area contributed by atoms with E-state index >= 15 is 0 Å². The van der Waals surface area contributed by atoms with Gasteiger partial charge in [0.05, 0.1) is 13.2 Å². The van der Waals surface area contributed by atoms with Crippen LogP contribution in [0.2, 0.25) is 0 Å². The van der Waals surface area contributed by atoms with E-state index in [1.807, 2.05) is 42.2 Å². The number of amides is 1.